The van der Waals surface area contributed by atoms with Crippen LogP contribution in [0.25, 0.3) is 0 Å². The van der Waals surface area contributed by atoms with Crippen molar-refractivity contribution in [2.45, 2.75) is 20.3 Å². The Bertz CT molecular complexity index is 804. The first-order valence-electron chi connectivity index (χ1n) is 9.05. The SMILES string of the molecule is CCOC(=O)c1ccc(NC(=O)CSCC(=O)Nc2ccc(CC)cc2)cc1. The fourth-order valence-corrected chi connectivity index (χ4v) is 2.98. The zero-order chi connectivity index (χ0) is 20.4. The minimum absolute atomic E-state index is 0.152. The number of anilines is 2. The molecule has 0 aromatic heterocycles. The van der Waals surface area contributed by atoms with Crippen LogP contribution in [0.3, 0.4) is 0 Å². The Morgan fingerprint density at radius 3 is 1.79 bits per heavy atom. The molecule has 0 aliphatic heterocycles. The number of hydrogen-bond acceptors (Lipinski definition) is 5. The van der Waals surface area contributed by atoms with Gasteiger partial charge in [0.2, 0.25) is 11.8 Å². The molecule has 2 aromatic rings. The molecule has 0 atom stereocenters. The summed E-state index contributed by atoms with van der Waals surface area (Å²) >= 11 is 1.23. The highest BCUT2D eigenvalue weighted by Crippen LogP contribution is 2.13. The molecule has 6 nitrogen and oxygen atoms in total. The van der Waals surface area contributed by atoms with E-state index in [0.29, 0.717) is 17.9 Å². The van der Waals surface area contributed by atoms with Gasteiger partial charge in [-0.15, -0.1) is 11.8 Å². The van der Waals surface area contributed by atoms with Crippen molar-refractivity contribution in [1.82, 2.24) is 0 Å². The van der Waals surface area contributed by atoms with Gasteiger partial charge in [0, 0.05) is 11.4 Å². The van der Waals surface area contributed by atoms with Gasteiger partial charge in [0.05, 0.1) is 23.7 Å². The molecule has 28 heavy (non-hydrogen) atoms. The Labute approximate surface area is 169 Å². The molecular weight excluding hydrogens is 376 g/mol. The van der Waals surface area contributed by atoms with Gasteiger partial charge in [-0.3, -0.25) is 9.59 Å². The molecule has 0 spiro atoms. The smallest absolute Gasteiger partial charge is 0.338 e. The molecule has 0 aliphatic rings. The Morgan fingerprint density at radius 2 is 1.32 bits per heavy atom. The summed E-state index contributed by atoms with van der Waals surface area (Å²) in [6.07, 6.45) is 0.949. The summed E-state index contributed by atoms with van der Waals surface area (Å²) in [7, 11) is 0. The molecule has 0 unspecified atom stereocenters. The number of esters is 1. The summed E-state index contributed by atoms with van der Waals surface area (Å²) in [6.45, 7) is 4.13. The van der Waals surface area contributed by atoms with Crippen molar-refractivity contribution in [2.75, 3.05) is 28.7 Å². The standard InChI is InChI=1S/C21H24N2O4S/c1-3-15-5-9-17(10-6-15)22-19(24)13-28-14-20(25)23-18-11-7-16(8-12-18)21(26)27-4-2/h5-12H,3-4,13-14H2,1-2H3,(H,22,24)(H,23,25). The zero-order valence-corrected chi connectivity index (χ0v) is 16.8. The van der Waals surface area contributed by atoms with Crippen LogP contribution in [-0.4, -0.2) is 35.9 Å². The number of carbonyl (C=O) groups excluding carboxylic acids is 3. The minimum Gasteiger partial charge on any atom is -0.462 e. The maximum Gasteiger partial charge on any atom is 0.338 e. The Balaban J connectivity index is 1.71. The van der Waals surface area contributed by atoms with Gasteiger partial charge in [0.1, 0.15) is 0 Å². The molecule has 2 rings (SSSR count). The fourth-order valence-electron chi connectivity index (χ4n) is 2.36. The van der Waals surface area contributed by atoms with Gasteiger partial charge < -0.3 is 15.4 Å². The summed E-state index contributed by atoms with van der Waals surface area (Å²) in [4.78, 5) is 35.5. The number of thioether (sulfide) groups is 1. The Hall–Kier alpha value is -2.80. The molecule has 0 bridgehead atoms. The van der Waals surface area contributed by atoms with Crippen molar-refractivity contribution in [2.24, 2.45) is 0 Å². The molecule has 2 N–H and O–H groups in total. The molecule has 0 fully saturated rings. The van der Waals surface area contributed by atoms with Gasteiger partial charge in [-0.1, -0.05) is 19.1 Å². The third-order valence-corrected chi connectivity index (χ3v) is 4.72. The van der Waals surface area contributed by atoms with Crippen molar-refractivity contribution in [3.8, 4) is 0 Å². The third-order valence-electron chi connectivity index (χ3n) is 3.79. The monoisotopic (exact) mass is 400 g/mol. The first kappa shape index (κ1) is 21.5. The van der Waals surface area contributed by atoms with Crippen LogP contribution in [0, 0.1) is 0 Å². The van der Waals surface area contributed by atoms with Crippen molar-refractivity contribution >= 4 is 40.9 Å². The summed E-state index contributed by atoms with van der Waals surface area (Å²) in [5.74, 6) is -0.423. The maximum absolute atomic E-state index is 12.0. The number of nitrogens with one attached hydrogen (secondary N) is 2. The van der Waals surface area contributed by atoms with Crippen LogP contribution in [0.4, 0.5) is 11.4 Å². The van der Waals surface area contributed by atoms with Crippen LogP contribution in [0.5, 0.6) is 0 Å². The van der Waals surface area contributed by atoms with E-state index in [1.165, 1.54) is 17.3 Å². The zero-order valence-electron chi connectivity index (χ0n) is 16.0. The Morgan fingerprint density at radius 1 is 0.821 bits per heavy atom. The molecule has 2 amide bonds. The quantitative estimate of drug-likeness (QED) is 0.627. The molecule has 0 saturated carbocycles. The first-order valence-corrected chi connectivity index (χ1v) is 10.2. The van der Waals surface area contributed by atoms with Crippen LogP contribution in [0.1, 0.15) is 29.8 Å². The van der Waals surface area contributed by atoms with Crippen LogP contribution < -0.4 is 10.6 Å². The van der Waals surface area contributed by atoms with E-state index in [9.17, 15) is 14.4 Å². The molecule has 0 saturated heterocycles. The molecule has 0 aliphatic carbocycles. The van der Waals surface area contributed by atoms with Gasteiger partial charge in [-0.25, -0.2) is 4.79 Å². The van der Waals surface area contributed by atoms with Gasteiger partial charge in [0.15, 0.2) is 0 Å². The lowest BCUT2D eigenvalue weighted by molar-refractivity contribution is -0.114. The second kappa shape index (κ2) is 11.1. The lowest BCUT2D eigenvalue weighted by atomic mass is 10.1. The lowest BCUT2D eigenvalue weighted by Crippen LogP contribution is -2.18. The number of benzene rings is 2. The van der Waals surface area contributed by atoms with E-state index in [-0.39, 0.29) is 23.3 Å². The van der Waals surface area contributed by atoms with Crippen LogP contribution >= 0.6 is 11.8 Å². The fraction of sp³-hybridized carbons (Fsp3) is 0.286. The summed E-state index contributed by atoms with van der Waals surface area (Å²) < 4.78 is 4.91. The van der Waals surface area contributed by atoms with E-state index in [4.69, 9.17) is 4.74 Å². The minimum atomic E-state index is -0.397. The van der Waals surface area contributed by atoms with Gasteiger partial charge in [0.25, 0.3) is 0 Å². The summed E-state index contributed by atoms with van der Waals surface area (Å²) in [5.41, 5.74) is 2.96. The molecule has 2 aromatic carbocycles. The number of carbonyl (C=O) groups is 3. The van der Waals surface area contributed by atoms with E-state index in [0.717, 1.165) is 12.1 Å². The number of ether oxygens (including phenoxy) is 1. The maximum atomic E-state index is 12.0. The van der Waals surface area contributed by atoms with Crippen LogP contribution in [-0.2, 0) is 20.7 Å². The number of aryl methyl sites for hydroxylation is 1. The average molecular weight is 401 g/mol. The van der Waals surface area contributed by atoms with Crippen molar-refractivity contribution in [3.63, 3.8) is 0 Å². The normalized spacial score (nSPS) is 10.2. The summed E-state index contributed by atoms with van der Waals surface area (Å²) in [5, 5.41) is 5.54. The van der Waals surface area contributed by atoms with Crippen molar-refractivity contribution in [1.29, 1.82) is 0 Å². The number of rotatable bonds is 9. The van der Waals surface area contributed by atoms with E-state index < -0.39 is 5.97 Å². The molecule has 7 heteroatoms. The van der Waals surface area contributed by atoms with Crippen molar-refractivity contribution in [3.05, 3.63) is 59.7 Å². The average Bonchev–Trinajstić information content (AvgIpc) is 2.69. The van der Waals surface area contributed by atoms with E-state index in [1.54, 1.807) is 31.2 Å². The highest BCUT2D eigenvalue weighted by Gasteiger charge is 2.09. The largest absolute Gasteiger partial charge is 0.462 e. The third kappa shape index (κ3) is 7.08. The topological polar surface area (TPSA) is 84.5 Å². The second-order valence-corrected chi connectivity index (χ2v) is 6.92. The molecule has 0 radical (unpaired) electrons. The lowest BCUT2D eigenvalue weighted by Gasteiger charge is -2.07. The highest BCUT2D eigenvalue weighted by atomic mass is 32.2. The molecular formula is C21H24N2O4S. The van der Waals surface area contributed by atoms with E-state index in [2.05, 4.69) is 17.6 Å². The second-order valence-electron chi connectivity index (χ2n) is 5.94. The first-order chi connectivity index (χ1) is 13.5. The molecule has 148 valence electrons. The Kier molecular flexibility index (Phi) is 8.55. The van der Waals surface area contributed by atoms with Crippen molar-refractivity contribution < 1.29 is 19.1 Å². The number of amides is 2. The van der Waals surface area contributed by atoms with Gasteiger partial charge in [-0.2, -0.15) is 0 Å². The van der Waals surface area contributed by atoms with E-state index in [1.807, 2.05) is 24.3 Å². The van der Waals surface area contributed by atoms with Crippen LogP contribution in [0.15, 0.2) is 48.5 Å². The van der Waals surface area contributed by atoms with Crippen LogP contribution in [0.2, 0.25) is 0 Å². The highest BCUT2D eigenvalue weighted by molar-refractivity contribution is 8.00. The van der Waals surface area contributed by atoms with Gasteiger partial charge in [-0.05, 0) is 55.3 Å². The van der Waals surface area contributed by atoms with E-state index >= 15 is 0 Å². The molecule has 0 heterocycles. The predicted molar refractivity (Wildman–Crippen MR) is 113 cm³/mol. The number of hydrogen-bond donors (Lipinski definition) is 2. The predicted octanol–water partition coefficient (Wildman–Crippen LogP) is 3.74. The summed E-state index contributed by atoms with van der Waals surface area (Å²) in [6, 6.07) is 14.2. The van der Waals surface area contributed by atoms with Gasteiger partial charge >= 0.3 is 5.97 Å².